The predicted molar refractivity (Wildman–Crippen MR) is 175 cm³/mol. The van der Waals surface area contributed by atoms with E-state index in [4.69, 9.17) is 4.74 Å². The summed E-state index contributed by atoms with van der Waals surface area (Å²) >= 11 is 0. The number of piperidine rings is 1. The summed E-state index contributed by atoms with van der Waals surface area (Å²) in [5.74, 6) is -3.52. The highest BCUT2D eigenvalue weighted by atomic mass is 19.2. The number of aromatic nitrogens is 3. The normalized spacial score (nSPS) is 19.2. The number of hydrogen-bond acceptors (Lipinski definition) is 7. The van der Waals surface area contributed by atoms with Gasteiger partial charge in [0, 0.05) is 29.3 Å². The van der Waals surface area contributed by atoms with Crippen molar-refractivity contribution in [3.8, 4) is 28.3 Å². The van der Waals surface area contributed by atoms with E-state index >= 15 is 8.78 Å². The number of fused-ring (bicyclic) bond motifs is 3. The van der Waals surface area contributed by atoms with Crippen LogP contribution in [0.4, 0.5) is 18.0 Å². The molecule has 3 aromatic carbocycles. The number of nitrogens with one attached hydrogen (secondary N) is 1. The van der Waals surface area contributed by atoms with Gasteiger partial charge >= 0.3 is 6.09 Å². The molecule has 0 unspecified atom stereocenters. The van der Waals surface area contributed by atoms with Crippen molar-refractivity contribution in [3.63, 3.8) is 0 Å². The van der Waals surface area contributed by atoms with Crippen LogP contribution in [0.1, 0.15) is 76.2 Å². The number of benzene rings is 3. The van der Waals surface area contributed by atoms with E-state index in [1.54, 1.807) is 26.8 Å². The third-order valence-corrected chi connectivity index (χ3v) is 8.86. The van der Waals surface area contributed by atoms with Gasteiger partial charge in [-0.25, -0.2) is 22.6 Å². The summed E-state index contributed by atoms with van der Waals surface area (Å²) in [5, 5.41) is 30.4. The molecule has 0 radical (unpaired) electrons. The molecule has 0 spiro atoms. The lowest BCUT2D eigenvalue weighted by Gasteiger charge is -2.39. The standard InChI is InChI=1S/C36H37F3N6O4/c1-35(2,3)49-34(47)41-22-14-23-9-10-24(15-22)45(23)33(46)20-8-11-25(26(12-20)19-6-7-21(17-40)28(37)13-19)27-16-29-32(31(39)30(27)38)44(43-42-29)18-36(4,5)48/h6-8,11-13,16,22-24,48H,9-10,14-15,18H2,1-5H3,(H,41,47)/t22-,23+,24-. The Bertz CT molecular complexity index is 1990. The second-order valence-corrected chi connectivity index (χ2v) is 14.5. The molecule has 2 aliphatic heterocycles. The number of carbonyl (C=O) groups excluding carboxylic acids is 2. The van der Waals surface area contributed by atoms with Crippen LogP contribution in [0.15, 0.2) is 42.5 Å². The van der Waals surface area contributed by atoms with Gasteiger partial charge in [-0.1, -0.05) is 17.3 Å². The van der Waals surface area contributed by atoms with Gasteiger partial charge in [0.05, 0.1) is 17.7 Å². The minimum atomic E-state index is -1.28. The third kappa shape index (κ3) is 6.83. The molecule has 2 bridgehead atoms. The summed E-state index contributed by atoms with van der Waals surface area (Å²) in [5.41, 5.74) is -1.57. The molecule has 1 aromatic heterocycles. The molecule has 49 heavy (non-hydrogen) atoms. The number of alkyl carbamates (subject to hydrolysis) is 1. The molecule has 6 rings (SSSR count). The summed E-state index contributed by atoms with van der Waals surface area (Å²) in [7, 11) is 0. The van der Waals surface area contributed by atoms with E-state index in [0.717, 1.165) is 23.6 Å². The Hall–Kier alpha value is -4.96. The maximum absolute atomic E-state index is 15.9. The average Bonchev–Trinajstić information content (AvgIpc) is 3.53. The van der Waals surface area contributed by atoms with Crippen LogP contribution in [-0.4, -0.2) is 66.3 Å². The Labute approximate surface area is 281 Å². The van der Waals surface area contributed by atoms with E-state index in [0.29, 0.717) is 12.8 Å². The minimum Gasteiger partial charge on any atom is -0.444 e. The minimum absolute atomic E-state index is 0.0368. The second kappa shape index (κ2) is 12.5. The molecular weight excluding hydrogens is 637 g/mol. The lowest BCUT2D eigenvalue weighted by molar-refractivity contribution is 0.0417. The maximum Gasteiger partial charge on any atom is 0.407 e. The van der Waals surface area contributed by atoms with Crippen molar-refractivity contribution in [2.24, 2.45) is 0 Å². The van der Waals surface area contributed by atoms with Crippen molar-refractivity contribution >= 4 is 23.0 Å². The van der Waals surface area contributed by atoms with E-state index in [1.807, 2.05) is 4.90 Å². The van der Waals surface area contributed by atoms with Crippen molar-refractivity contribution in [1.29, 1.82) is 5.26 Å². The SMILES string of the molecule is CC(C)(O)Cn1nnc2cc(-c3ccc(C(=O)N4[C@@H]5CC[C@H]4C[C@@H](NC(=O)OC(C)(C)C)C5)cc3-c3ccc(C#N)c(F)c3)c(F)c(F)c21. The van der Waals surface area contributed by atoms with Crippen LogP contribution in [0.25, 0.3) is 33.3 Å². The van der Waals surface area contributed by atoms with Crippen LogP contribution in [0.3, 0.4) is 0 Å². The van der Waals surface area contributed by atoms with Gasteiger partial charge in [-0.15, -0.1) is 5.10 Å². The van der Waals surface area contributed by atoms with Crippen LogP contribution in [0.2, 0.25) is 0 Å². The molecule has 2 N–H and O–H groups in total. The van der Waals surface area contributed by atoms with E-state index in [-0.39, 0.29) is 75.0 Å². The second-order valence-electron chi connectivity index (χ2n) is 14.5. The van der Waals surface area contributed by atoms with Gasteiger partial charge < -0.3 is 20.1 Å². The fourth-order valence-corrected chi connectivity index (χ4v) is 6.92. The zero-order valence-corrected chi connectivity index (χ0v) is 27.9. The monoisotopic (exact) mass is 674 g/mol. The van der Waals surface area contributed by atoms with Gasteiger partial charge in [-0.05, 0) is 107 Å². The zero-order valence-electron chi connectivity index (χ0n) is 27.9. The fourth-order valence-electron chi connectivity index (χ4n) is 6.92. The van der Waals surface area contributed by atoms with Crippen LogP contribution < -0.4 is 5.32 Å². The van der Waals surface area contributed by atoms with E-state index < -0.39 is 34.7 Å². The topological polar surface area (TPSA) is 133 Å². The summed E-state index contributed by atoms with van der Waals surface area (Å²) in [6.07, 6.45) is 2.10. The Morgan fingerprint density at radius 1 is 0.980 bits per heavy atom. The molecular formula is C36H37F3N6O4. The Morgan fingerprint density at radius 2 is 1.67 bits per heavy atom. The molecule has 3 atom stereocenters. The number of aliphatic hydroxyl groups is 1. The van der Waals surface area contributed by atoms with Crippen molar-refractivity contribution in [1.82, 2.24) is 25.2 Å². The van der Waals surface area contributed by atoms with E-state index in [1.165, 1.54) is 50.2 Å². The Morgan fingerprint density at radius 3 is 2.29 bits per heavy atom. The Balaban J connectivity index is 1.38. The molecule has 2 aliphatic rings. The highest BCUT2D eigenvalue weighted by molar-refractivity contribution is 5.99. The van der Waals surface area contributed by atoms with Crippen molar-refractivity contribution in [3.05, 3.63) is 71.0 Å². The maximum atomic E-state index is 15.9. The number of rotatable bonds is 6. The molecule has 4 aromatic rings. The van der Waals surface area contributed by atoms with Crippen molar-refractivity contribution in [2.45, 2.75) is 96.2 Å². The van der Waals surface area contributed by atoms with Gasteiger partial charge in [0.2, 0.25) is 0 Å². The van der Waals surface area contributed by atoms with E-state index in [9.17, 15) is 24.3 Å². The molecule has 0 aliphatic carbocycles. The zero-order chi connectivity index (χ0) is 35.4. The smallest absolute Gasteiger partial charge is 0.407 e. The van der Waals surface area contributed by atoms with Crippen LogP contribution in [0, 0.1) is 28.8 Å². The van der Waals surface area contributed by atoms with Gasteiger partial charge in [0.15, 0.2) is 11.6 Å². The number of nitrogens with zero attached hydrogens (tertiary/aromatic N) is 5. The number of ether oxygens (including phenoxy) is 1. The van der Waals surface area contributed by atoms with E-state index in [2.05, 4.69) is 15.6 Å². The fraction of sp³-hybridized carbons (Fsp3) is 0.417. The van der Waals surface area contributed by atoms with Gasteiger partial charge in [0.1, 0.15) is 28.5 Å². The first kappa shape index (κ1) is 33.9. The predicted octanol–water partition coefficient (Wildman–Crippen LogP) is 6.49. The Kier molecular flexibility index (Phi) is 8.65. The highest BCUT2D eigenvalue weighted by Gasteiger charge is 2.44. The van der Waals surface area contributed by atoms with Gasteiger partial charge in [0.25, 0.3) is 5.91 Å². The van der Waals surface area contributed by atoms with Gasteiger partial charge in [-0.2, -0.15) is 5.26 Å². The molecule has 2 fully saturated rings. The van der Waals surface area contributed by atoms with Crippen LogP contribution >= 0.6 is 0 Å². The molecule has 13 heteroatoms. The first-order chi connectivity index (χ1) is 23.0. The largest absolute Gasteiger partial charge is 0.444 e. The summed E-state index contributed by atoms with van der Waals surface area (Å²) in [6, 6.07) is 11.1. The first-order valence-electron chi connectivity index (χ1n) is 16.1. The molecule has 256 valence electrons. The molecule has 10 nitrogen and oxygen atoms in total. The van der Waals surface area contributed by atoms with Crippen LogP contribution in [0.5, 0.6) is 0 Å². The van der Waals surface area contributed by atoms with Crippen LogP contribution in [-0.2, 0) is 11.3 Å². The summed E-state index contributed by atoms with van der Waals surface area (Å²) in [6.45, 7) is 8.24. The highest BCUT2D eigenvalue weighted by Crippen LogP contribution is 2.40. The molecule has 2 saturated heterocycles. The number of carbonyl (C=O) groups is 2. The number of halogens is 3. The number of hydrogen-bond donors (Lipinski definition) is 2. The van der Waals surface area contributed by atoms with Crippen molar-refractivity contribution in [2.75, 3.05) is 0 Å². The quantitative estimate of drug-likeness (QED) is 0.239. The first-order valence-corrected chi connectivity index (χ1v) is 16.1. The number of nitriles is 1. The molecule has 0 saturated carbocycles. The van der Waals surface area contributed by atoms with Gasteiger partial charge in [-0.3, -0.25) is 4.79 Å². The summed E-state index contributed by atoms with van der Waals surface area (Å²) in [4.78, 5) is 28.4. The molecule has 3 heterocycles. The summed E-state index contributed by atoms with van der Waals surface area (Å²) < 4.78 is 53.1. The third-order valence-electron chi connectivity index (χ3n) is 8.86. The lowest BCUT2D eigenvalue weighted by atomic mass is 9.90. The molecule has 2 amide bonds. The average molecular weight is 675 g/mol. The number of amides is 2. The lowest BCUT2D eigenvalue weighted by Crippen LogP contribution is -2.53. The van der Waals surface area contributed by atoms with Crippen molar-refractivity contribution < 1.29 is 32.6 Å².